The molecule has 0 saturated carbocycles. The van der Waals surface area contributed by atoms with Crippen molar-refractivity contribution in [2.75, 3.05) is 6.54 Å². The summed E-state index contributed by atoms with van der Waals surface area (Å²) in [5.41, 5.74) is 0.966. The van der Waals surface area contributed by atoms with E-state index in [1.807, 2.05) is 36.1 Å². The van der Waals surface area contributed by atoms with E-state index in [4.69, 9.17) is 0 Å². The Morgan fingerprint density at radius 3 is 2.77 bits per heavy atom. The number of aliphatic hydroxyl groups excluding tert-OH is 1. The summed E-state index contributed by atoms with van der Waals surface area (Å²) in [4.78, 5) is 19.2. The predicted molar refractivity (Wildman–Crippen MR) is 88.7 cm³/mol. The minimum absolute atomic E-state index is 0.0396. The Morgan fingerprint density at radius 1 is 1.36 bits per heavy atom. The number of amides is 1. The zero-order valence-electron chi connectivity index (χ0n) is 13.2. The van der Waals surface area contributed by atoms with Crippen LogP contribution in [0, 0.1) is 11.8 Å². The van der Waals surface area contributed by atoms with Crippen molar-refractivity contribution in [3.8, 4) is 0 Å². The molecule has 1 saturated heterocycles. The van der Waals surface area contributed by atoms with Crippen LogP contribution < -0.4 is 0 Å². The van der Waals surface area contributed by atoms with Crippen molar-refractivity contribution in [2.45, 2.75) is 39.3 Å². The normalized spacial score (nSPS) is 23.4. The number of carbonyl (C=O) groups excluding carboxylic acids is 1. The number of β-amino-alcohol motifs (C(OH)–C–C–N with tert-alkyl or cyclic N) is 1. The van der Waals surface area contributed by atoms with Crippen molar-refractivity contribution < 1.29 is 9.90 Å². The van der Waals surface area contributed by atoms with Crippen LogP contribution in [0.5, 0.6) is 0 Å². The first-order chi connectivity index (χ1) is 10.5. The van der Waals surface area contributed by atoms with Crippen molar-refractivity contribution in [2.24, 2.45) is 11.8 Å². The van der Waals surface area contributed by atoms with Gasteiger partial charge in [-0.1, -0.05) is 32.9 Å². The molecule has 0 aliphatic carbocycles. The van der Waals surface area contributed by atoms with E-state index in [0.29, 0.717) is 18.9 Å². The van der Waals surface area contributed by atoms with Crippen molar-refractivity contribution in [1.29, 1.82) is 0 Å². The summed E-state index contributed by atoms with van der Waals surface area (Å²) in [6, 6.07) is 7.91. The Morgan fingerprint density at radius 2 is 2.09 bits per heavy atom. The van der Waals surface area contributed by atoms with E-state index in [0.717, 1.165) is 15.2 Å². The molecule has 1 aliphatic heterocycles. The standard InChI is InChI=1S/C17H22N2O2S/c1-10(2)11(3)17(21)19-9-12(20)8-14(19)16-18-13-6-4-5-7-15(13)22-16/h4-7,10-12,14,20H,8-9H2,1-3H3. The molecule has 0 radical (unpaired) electrons. The summed E-state index contributed by atoms with van der Waals surface area (Å²) in [5.74, 6) is 0.374. The molecule has 2 heterocycles. The molecule has 1 fully saturated rings. The largest absolute Gasteiger partial charge is 0.391 e. The molecule has 1 aliphatic rings. The number of aromatic nitrogens is 1. The molecule has 1 amide bonds. The van der Waals surface area contributed by atoms with Gasteiger partial charge < -0.3 is 10.0 Å². The fourth-order valence-electron chi connectivity index (χ4n) is 2.87. The van der Waals surface area contributed by atoms with Gasteiger partial charge >= 0.3 is 0 Å². The van der Waals surface area contributed by atoms with Gasteiger partial charge in [0, 0.05) is 18.9 Å². The molecular formula is C17H22N2O2S. The summed E-state index contributed by atoms with van der Waals surface area (Å²) in [7, 11) is 0. The number of benzene rings is 1. The van der Waals surface area contributed by atoms with Crippen molar-refractivity contribution in [3.63, 3.8) is 0 Å². The van der Waals surface area contributed by atoms with Gasteiger partial charge in [-0.3, -0.25) is 4.79 Å². The number of aliphatic hydroxyl groups is 1. The van der Waals surface area contributed by atoms with E-state index in [1.165, 1.54) is 0 Å². The molecule has 1 aromatic carbocycles. The van der Waals surface area contributed by atoms with Crippen molar-refractivity contribution >= 4 is 27.5 Å². The molecule has 1 aromatic heterocycles. The highest BCUT2D eigenvalue weighted by Gasteiger charge is 2.39. The molecule has 2 aromatic rings. The summed E-state index contributed by atoms with van der Waals surface area (Å²) in [5, 5.41) is 11.0. The Hall–Kier alpha value is -1.46. The Bertz CT molecular complexity index is 649. The highest BCUT2D eigenvalue weighted by molar-refractivity contribution is 7.18. The molecule has 4 nitrogen and oxygen atoms in total. The molecule has 3 unspecified atom stereocenters. The number of thiazole rings is 1. The maximum Gasteiger partial charge on any atom is 0.226 e. The Kier molecular flexibility index (Phi) is 4.19. The topological polar surface area (TPSA) is 53.4 Å². The molecule has 22 heavy (non-hydrogen) atoms. The second kappa shape index (κ2) is 5.97. The number of para-hydroxylation sites is 1. The number of likely N-dealkylation sites (tertiary alicyclic amines) is 1. The number of hydrogen-bond acceptors (Lipinski definition) is 4. The minimum atomic E-state index is -0.458. The number of carbonyl (C=O) groups is 1. The minimum Gasteiger partial charge on any atom is -0.391 e. The van der Waals surface area contributed by atoms with Crippen LogP contribution in [0.4, 0.5) is 0 Å². The predicted octanol–water partition coefficient (Wildman–Crippen LogP) is 3.22. The van der Waals surface area contributed by atoms with Crippen molar-refractivity contribution in [1.82, 2.24) is 9.88 Å². The quantitative estimate of drug-likeness (QED) is 0.945. The van der Waals surface area contributed by atoms with Gasteiger partial charge in [0.2, 0.25) is 5.91 Å². The average Bonchev–Trinajstić information content (AvgIpc) is 3.08. The van der Waals surface area contributed by atoms with Crippen LogP contribution in [0.15, 0.2) is 24.3 Å². The van der Waals surface area contributed by atoms with Gasteiger partial charge in [0.1, 0.15) is 5.01 Å². The lowest BCUT2D eigenvalue weighted by atomic mass is 9.96. The van der Waals surface area contributed by atoms with E-state index in [1.54, 1.807) is 11.3 Å². The second-order valence-electron chi connectivity index (χ2n) is 6.45. The van der Waals surface area contributed by atoms with Gasteiger partial charge in [-0.2, -0.15) is 0 Å². The van der Waals surface area contributed by atoms with Crippen LogP contribution in [-0.2, 0) is 4.79 Å². The van der Waals surface area contributed by atoms with Gasteiger partial charge in [0.15, 0.2) is 0 Å². The first kappa shape index (κ1) is 15.4. The fourth-order valence-corrected chi connectivity index (χ4v) is 3.96. The maximum atomic E-state index is 12.7. The van der Waals surface area contributed by atoms with Crippen LogP contribution in [0.2, 0.25) is 0 Å². The van der Waals surface area contributed by atoms with Crippen LogP contribution in [-0.4, -0.2) is 33.5 Å². The molecule has 3 rings (SSSR count). The number of rotatable bonds is 3. The van der Waals surface area contributed by atoms with Gasteiger partial charge in [-0.05, 0) is 18.1 Å². The molecule has 1 N–H and O–H groups in total. The lowest BCUT2D eigenvalue weighted by Gasteiger charge is -2.27. The molecular weight excluding hydrogens is 296 g/mol. The third kappa shape index (κ3) is 2.75. The Balaban J connectivity index is 1.91. The first-order valence-corrected chi connectivity index (χ1v) is 8.63. The highest BCUT2D eigenvalue weighted by atomic mass is 32.1. The molecule has 0 spiro atoms. The maximum absolute atomic E-state index is 12.7. The van der Waals surface area contributed by atoms with Crippen molar-refractivity contribution in [3.05, 3.63) is 29.3 Å². The van der Waals surface area contributed by atoms with Crippen LogP contribution in [0.25, 0.3) is 10.2 Å². The number of hydrogen-bond donors (Lipinski definition) is 1. The monoisotopic (exact) mass is 318 g/mol. The zero-order valence-corrected chi connectivity index (χ0v) is 14.0. The third-order valence-corrected chi connectivity index (χ3v) is 5.68. The summed E-state index contributed by atoms with van der Waals surface area (Å²) >= 11 is 1.62. The molecule has 0 bridgehead atoms. The number of fused-ring (bicyclic) bond motifs is 1. The zero-order chi connectivity index (χ0) is 15.9. The fraction of sp³-hybridized carbons (Fsp3) is 0.529. The van der Waals surface area contributed by atoms with Gasteiger partial charge in [-0.15, -0.1) is 11.3 Å². The smallest absolute Gasteiger partial charge is 0.226 e. The van der Waals surface area contributed by atoms with Crippen LogP contribution in [0.1, 0.15) is 38.2 Å². The van der Waals surface area contributed by atoms with Crippen LogP contribution >= 0.6 is 11.3 Å². The highest BCUT2D eigenvalue weighted by Crippen LogP contribution is 2.37. The first-order valence-electron chi connectivity index (χ1n) is 7.81. The summed E-state index contributed by atoms with van der Waals surface area (Å²) < 4.78 is 1.13. The van der Waals surface area contributed by atoms with Gasteiger partial charge in [-0.25, -0.2) is 4.98 Å². The van der Waals surface area contributed by atoms with Crippen LogP contribution in [0.3, 0.4) is 0 Å². The van der Waals surface area contributed by atoms with E-state index in [9.17, 15) is 9.90 Å². The summed E-state index contributed by atoms with van der Waals surface area (Å²) in [6.45, 7) is 6.49. The Labute approximate surface area is 134 Å². The third-order valence-electron chi connectivity index (χ3n) is 4.55. The SMILES string of the molecule is CC(C)C(C)C(=O)N1CC(O)CC1c1nc2ccccc2s1. The summed E-state index contributed by atoms with van der Waals surface area (Å²) in [6.07, 6.45) is 0.122. The van der Waals surface area contributed by atoms with E-state index in [-0.39, 0.29) is 17.9 Å². The van der Waals surface area contributed by atoms with E-state index < -0.39 is 6.10 Å². The molecule has 3 atom stereocenters. The average molecular weight is 318 g/mol. The number of nitrogens with zero attached hydrogens (tertiary/aromatic N) is 2. The molecule has 118 valence electrons. The molecule has 5 heteroatoms. The second-order valence-corrected chi connectivity index (χ2v) is 7.51. The van der Waals surface area contributed by atoms with Gasteiger partial charge in [0.25, 0.3) is 0 Å². The van der Waals surface area contributed by atoms with E-state index >= 15 is 0 Å². The van der Waals surface area contributed by atoms with E-state index in [2.05, 4.69) is 18.8 Å². The van der Waals surface area contributed by atoms with Gasteiger partial charge in [0.05, 0.1) is 22.4 Å². The lowest BCUT2D eigenvalue weighted by Crippen LogP contribution is -2.37. The lowest BCUT2D eigenvalue weighted by molar-refractivity contribution is -0.137.